The van der Waals surface area contributed by atoms with E-state index in [4.69, 9.17) is 4.98 Å². The molecule has 164 valence electrons. The predicted octanol–water partition coefficient (Wildman–Crippen LogP) is 3.80. The molecule has 0 saturated heterocycles. The minimum absolute atomic E-state index is 0.232. The zero-order chi connectivity index (χ0) is 22.6. The summed E-state index contributed by atoms with van der Waals surface area (Å²) in [5.74, 6) is 1.01. The molecule has 0 fully saturated rings. The van der Waals surface area contributed by atoms with E-state index >= 15 is 0 Å². The van der Waals surface area contributed by atoms with Gasteiger partial charge < -0.3 is 9.47 Å². The Kier molecular flexibility index (Phi) is 5.04. The first kappa shape index (κ1) is 20.8. The quantitative estimate of drug-likeness (QED) is 0.435. The standard InChI is InChI=1S/C24H24BrN5O2/c1-15-5-4-6-17(11-15)14-30-22(31)20-21(27(3)24(30)32)26-23-28(12-16(2)13-29(20)23)19-9-7-18(25)8-10-19/h4-11,16H,12-14H2,1-3H3. The highest BCUT2D eigenvalue weighted by molar-refractivity contribution is 9.10. The van der Waals surface area contributed by atoms with Crippen LogP contribution in [0.25, 0.3) is 11.2 Å². The number of aromatic nitrogens is 4. The van der Waals surface area contributed by atoms with Crippen LogP contribution in [0.15, 0.2) is 62.6 Å². The van der Waals surface area contributed by atoms with Gasteiger partial charge in [-0.1, -0.05) is 52.7 Å². The topological polar surface area (TPSA) is 65.1 Å². The van der Waals surface area contributed by atoms with Crippen LogP contribution in [0, 0.1) is 12.8 Å². The van der Waals surface area contributed by atoms with Gasteiger partial charge in [0.25, 0.3) is 5.56 Å². The molecule has 7 nitrogen and oxygen atoms in total. The van der Waals surface area contributed by atoms with Crippen LogP contribution in [0.3, 0.4) is 0 Å². The maximum absolute atomic E-state index is 13.6. The molecule has 1 aliphatic heterocycles. The van der Waals surface area contributed by atoms with E-state index in [1.165, 1.54) is 9.13 Å². The molecule has 0 radical (unpaired) electrons. The number of nitrogens with zero attached hydrogens (tertiary/aromatic N) is 5. The van der Waals surface area contributed by atoms with Gasteiger partial charge in [0, 0.05) is 30.3 Å². The Morgan fingerprint density at radius 1 is 1.09 bits per heavy atom. The van der Waals surface area contributed by atoms with Crippen molar-refractivity contribution in [1.29, 1.82) is 0 Å². The number of benzene rings is 2. The number of hydrogen-bond donors (Lipinski definition) is 0. The summed E-state index contributed by atoms with van der Waals surface area (Å²) in [7, 11) is 1.68. The van der Waals surface area contributed by atoms with Crippen molar-refractivity contribution in [2.24, 2.45) is 13.0 Å². The smallest absolute Gasteiger partial charge is 0.312 e. The van der Waals surface area contributed by atoms with E-state index in [0.717, 1.165) is 27.8 Å². The molecule has 3 heterocycles. The first-order valence-corrected chi connectivity index (χ1v) is 11.4. The molecule has 8 heteroatoms. The van der Waals surface area contributed by atoms with E-state index in [-0.39, 0.29) is 17.8 Å². The number of aryl methyl sites for hydroxylation is 2. The summed E-state index contributed by atoms with van der Waals surface area (Å²) in [6.07, 6.45) is 0. The lowest BCUT2D eigenvalue weighted by Gasteiger charge is -2.33. The zero-order valence-corrected chi connectivity index (χ0v) is 19.8. The van der Waals surface area contributed by atoms with E-state index in [2.05, 4.69) is 27.8 Å². The van der Waals surface area contributed by atoms with Crippen molar-refractivity contribution < 1.29 is 0 Å². The third-order valence-electron chi connectivity index (χ3n) is 6.00. The Morgan fingerprint density at radius 2 is 1.84 bits per heavy atom. The first-order chi connectivity index (χ1) is 15.3. The van der Waals surface area contributed by atoms with Gasteiger partial charge in [-0.05, 0) is 42.7 Å². The molecule has 0 N–H and O–H groups in total. The van der Waals surface area contributed by atoms with Crippen LogP contribution in [-0.4, -0.2) is 25.2 Å². The van der Waals surface area contributed by atoms with Crippen LogP contribution in [0.1, 0.15) is 18.1 Å². The predicted molar refractivity (Wildman–Crippen MR) is 130 cm³/mol. The zero-order valence-electron chi connectivity index (χ0n) is 18.2. The van der Waals surface area contributed by atoms with Gasteiger partial charge in [-0.25, -0.2) is 4.79 Å². The SMILES string of the molecule is Cc1cccc(Cn2c(=O)c3c(nc4n3CC(C)CN4c3ccc(Br)cc3)n(C)c2=O)c1. The van der Waals surface area contributed by atoms with Crippen LogP contribution < -0.4 is 16.1 Å². The Balaban J connectivity index is 1.72. The normalized spacial score (nSPS) is 15.9. The van der Waals surface area contributed by atoms with Gasteiger partial charge in [-0.2, -0.15) is 4.98 Å². The first-order valence-electron chi connectivity index (χ1n) is 10.6. The van der Waals surface area contributed by atoms with Crippen molar-refractivity contribution in [3.63, 3.8) is 0 Å². The summed E-state index contributed by atoms with van der Waals surface area (Å²) in [6.45, 7) is 5.86. The lowest BCUT2D eigenvalue weighted by molar-refractivity contribution is 0.458. The number of anilines is 2. The monoisotopic (exact) mass is 493 g/mol. The second-order valence-corrected chi connectivity index (χ2v) is 9.52. The average Bonchev–Trinajstić information content (AvgIpc) is 3.15. The molecule has 5 rings (SSSR count). The molecule has 1 unspecified atom stereocenters. The molecule has 4 aromatic rings. The van der Waals surface area contributed by atoms with Gasteiger partial charge in [-0.15, -0.1) is 0 Å². The Morgan fingerprint density at radius 3 is 2.56 bits per heavy atom. The summed E-state index contributed by atoms with van der Waals surface area (Å²) < 4.78 is 5.78. The second-order valence-electron chi connectivity index (χ2n) is 8.61. The average molecular weight is 494 g/mol. The highest BCUT2D eigenvalue weighted by atomic mass is 79.9. The summed E-state index contributed by atoms with van der Waals surface area (Å²) in [6, 6.07) is 15.9. The fraction of sp³-hybridized carbons (Fsp3) is 0.292. The maximum atomic E-state index is 13.6. The minimum atomic E-state index is -0.359. The van der Waals surface area contributed by atoms with Gasteiger partial charge in [0.2, 0.25) is 5.95 Å². The van der Waals surface area contributed by atoms with E-state index in [9.17, 15) is 9.59 Å². The maximum Gasteiger partial charge on any atom is 0.332 e. The number of halogens is 1. The molecule has 2 aromatic carbocycles. The molecule has 32 heavy (non-hydrogen) atoms. The number of fused-ring (bicyclic) bond motifs is 3. The highest BCUT2D eigenvalue weighted by Crippen LogP contribution is 2.33. The largest absolute Gasteiger partial charge is 0.332 e. The summed E-state index contributed by atoms with van der Waals surface area (Å²) in [5, 5.41) is 0. The number of hydrogen-bond acceptors (Lipinski definition) is 4. The Bertz CT molecular complexity index is 1450. The van der Waals surface area contributed by atoms with E-state index in [1.807, 2.05) is 60.0 Å². The molecule has 0 aliphatic carbocycles. The minimum Gasteiger partial charge on any atom is -0.312 e. The molecule has 0 saturated carbocycles. The van der Waals surface area contributed by atoms with E-state index in [0.29, 0.717) is 29.6 Å². The molecule has 0 bridgehead atoms. The second kappa shape index (κ2) is 7.78. The van der Waals surface area contributed by atoms with E-state index in [1.54, 1.807) is 7.05 Å². The molecule has 0 spiro atoms. The molecule has 0 amide bonds. The van der Waals surface area contributed by atoms with Gasteiger partial charge in [0.15, 0.2) is 11.2 Å². The molecule has 1 aliphatic rings. The Labute approximate surface area is 193 Å². The van der Waals surface area contributed by atoms with Crippen LogP contribution in [-0.2, 0) is 20.1 Å². The van der Waals surface area contributed by atoms with Crippen LogP contribution in [0.5, 0.6) is 0 Å². The lowest BCUT2D eigenvalue weighted by Crippen LogP contribution is -2.40. The van der Waals surface area contributed by atoms with Crippen molar-refractivity contribution in [2.75, 3.05) is 11.4 Å². The summed E-state index contributed by atoms with van der Waals surface area (Å²) in [4.78, 5) is 33.6. The van der Waals surface area contributed by atoms with Crippen LogP contribution >= 0.6 is 15.9 Å². The van der Waals surface area contributed by atoms with Crippen LogP contribution in [0.4, 0.5) is 11.6 Å². The van der Waals surface area contributed by atoms with Gasteiger partial charge in [0.1, 0.15) is 0 Å². The van der Waals surface area contributed by atoms with Crippen molar-refractivity contribution >= 4 is 38.7 Å². The van der Waals surface area contributed by atoms with Crippen molar-refractivity contribution in [1.82, 2.24) is 18.7 Å². The third kappa shape index (κ3) is 3.39. The summed E-state index contributed by atoms with van der Waals surface area (Å²) in [5.41, 5.74) is 3.26. The third-order valence-corrected chi connectivity index (χ3v) is 6.53. The fourth-order valence-electron chi connectivity index (χ4n) is 4.48. The molecular weight excluding hydrogens is 470 g/mol. The number of imidazole rings is 1. The van der Waals surface area contributed by atoms with Gasteiger partial charge >= 0.3 is 5.69 Å². The number of rotatable bonds is 3. The van der Waals surface area contributed by atoms with Gasteiger partial charge in [-0.3, -0.25) is 13.9 Å². The van der Waals surface area contributed by atoms with Crippen molar-refractivity contribution in [2.45, 2.75) is 26.9 Å². The van der Waals surface area contributed by atoms with Gasteiger partial charge in [0.05, 0.1) is 6.54 Å². The van der Waals surface area contributed by atoms with Crippen molar-refractivity contribution in [3.05, 3.63) is 85.0 Å². The Hall–Kier alpha value is -3.13. The highest BCUT2D eigenvalue weighted by Gasteiger charge is 2.29. The van der Waals surface area contributed by atoms with Crippen molar-refractivity contribution in [3.8, 4) is 0 Å². The van der Waals surface area contributed by atoms with Crippen LogP contribution in [0.2, 0.25) is 0 Å². The molecule has 1 atom stereocenters. The fourth-order valence-corrected chi connectivity index (χ4v) is 4.74. The summed E-state index contributed by atoms with van der Waals surface area (Å²) >= 11 is 3.49. The molecular formula is C24H24BrN5O2. The molecule has 2 aromatic heterocycles. The van der Waals surface area contributed by atoms with E-state index < -0.39 is 0 Å². The lowest BCUT2D eigenvalue weighted by atomic mass is 10.1.